The molecule has 0 radical (unpaired) electrons. The molecule has 0 unspecified atom stereocenters. The summed E-state index contributed by atoms with van der Waals surface area (Å²) >= 11 is 0. The number of H-pyrrole nitrogens is 1. The Hall–Kier alpha value is -1.41. The van der Waals surface area contributed by atoms with Crippen molar-refractivity contribution in [1.29, 1.82) is 0 Å². The lowest BCUT2D eigenvalue weighted by atomic mass is 9.98. The van der Waals surface area contributed by atoms with Gasteiger partial charge in [0.25, 0.3) is 0 Å². The standard InChI is InChI=1S/C13H20N4O3S/c18-13(16-5-1-2-6-16)11-4-3-7-17(10-11)21(19,20)12-8-14-15-9-12/h8-9,11H,1-7,10H2,(H,14,15)/t11-/m0/s1. The number of hydrogen-bond acceptors (Lipinski definition) is 4. The third-order valence-electron chi connectivity index (χ3n) is 4.26. The maximum Gasteiger partial charge on any atom is 0.246 e. The second-order valence-electron chi connectivity index (χ2n) is 5.67. The molecule has 1 atom stereocenters. The Morgan fingerprint density at radius 3 is 2.67 bits per heavy atom. The highest BCUT2D eigenvalue weighted by Crippen LogP contribution is 2.25. The van der Waals surface area contributed by atoms with Crippen molar-refractivity contribution in [3.05, 3.63) is 12.4 Å². The van der Waals surface area contributed by atoms with E-state index in [1.165, 1.54) is 16.7 Å². The zero-order valence-corrected chi connectivity index (χ0v) is 12.7. The van der Waals surface area contributed by atoms with Gasteiger partial charge >= 0.3 is 0 Å². The Morgan fingerprint density at radius 1 is 1.24 bits per heavy atom. The molecule has 1 amide bonds. The van der Waals surface area contributed by atoms with E-state index >= 15 is 0 Å². The normalized spacial score (nSPS) is 24.4. The van der Waals surface area contributed by atoms with E-state index in [4.69, 9.17) is 0 Å². The van der Waals surface area contributed by atoms with Crippen LogP contribution in [-0.2, 0) is 14.8 Å². The molecule has 2 aliphatic rings. The summed E-state index contributed by atoms with van der Waals surface area (Å²) in [5.74, 6) is -0.0990. The second-order valence-corrected chi connectivity index (χ2v) is 7.61. The Kier molecular flexibility index (Phi) is 3.99. The summed E-state index contributed by atoms with van der Waals surface area (Å²) in [6, 6.07) is 0. The van der Waals surface area contributed by atoms with Gasteiger partial charge in [-0.2, -0.15) is 9.40 Å². The summed E-state index contributed by atoms with van der Waals surface area (Å²) < 4.78 is 26.4. The predicted octanol–water partition coefficient (Wildman–Crippen LogP) is 0.433. The molecular formula is C13H20N4O3S. The third-order valence-corrected chi connectivity index (χ3v) is 6.09. The van der Waals surface area contributed by atoms with E-state index in [1.807, 2.05) is 4.90 Å². The molecule has 7 nitrogen and oxygen atoms in total. The fourth-order valence-corrected chi connectivity index (χ4v) is 4.52. The summed E-state index contributed by atoms with van der Waals surface area (Å²) in [5, 5.41) is 6.22. The van der Waals surface area contributed by atoms with Crippen molar-refractivity contribution in [3.8, 4) is 0 Å². The lowest BCUT2D eigenvalue weighted by molar-refractivity contribution is -0.135. The minimum Gasteiger partial charge on any atom is -0.342 e. The second kappa shape index (κ2) is 5.76. The Bertz CT molecular complexity index is 593. The van der Waals surface area contributed by atoms with Gasteiger partial charge in [0.1, 0.15) is 4.90 Å². The summed E-state index contributed by atoms with van der Waals surface area (Å²) in [6.45, 7) is 2.37. The molecule has 3 rings (SSSR count). The van der Waals surface area contributed by atoms with E-state index in [0.717, 1.165) is 38.8 Å². The van der Waals surface area contributed by atoms with E-state index in [2.05, 4.69) is 10.2 Å². The molecule has 1 aromatic heterocycles. The van der Waals surface area contributed by atoms with Crippen molar-refractivity contribution in [1.82, 2.24) is 19.4 Å². The van der Waals surface area contributed by atoms with Crippen molar-refractivity contribution in [2.24, 2.45) is 5.92 Å². The van der Waals surface area contributed by atoms with Crippen LogP contribution in [0, 0.1) is 5.92 Å². The number of piperidine rings is 1. The van der Waals surface area contributed by atoms with Gasteiger partial charge in [-0.1, -0.05) is 0 Å². The maximum atomic E-state index is 12.5. The van der Waals surface area contributed by atoms with Gasteiger partial charge in [0.05, 0.1) is 12.1 Å². The van der Waals surface area contributed by atoms with Crippen LogP contribution in [0.1, 0.15) is 25.7 Å². The van der Waals surface area contributed by atoms with Crippen molar-refractivity contribution in [3.63, 3.8) is 0 Å². The first-order valence-corrected chi connectivity index (χ1v) is 8.81. The van der Waals surface area contributed by atoms with Crippen LogP contribution >= 0.6 is 0 Å². The third kappa shape index (κ3) is 2.82. The molecule has 0 spiro atoms. The first-order valence-electron chi connectivity index (χ1n) is 7.37. The molecule has 0 saturated carbocycles. The number of nitrogens with zero attached hydrogens (tertiary/aromatic N) is 3. The number of sulfonamides is 1. The van der Waals surface area contributed by atoms with E-state index in [-0.39, 0.29) is 23.3 Å². The van der Waals surface area contributed by atoms with E-state index < -0.39 is 10.0 Å². The molecule has 1 N–H and O–H groups in total. The van der Waals surface area contributed by atoms with Crippen LogP contribution in [0.4, 0.5) is 0 Å². The molecule has 21 heavy (non-hydrogen) atoms. The molecule has 2 fully saturated rings. The van der Waals surface area contributed by atoms with E-state index in [0.29, 0.717) is 6.54 Å². The van der Waals surface area contributed by atoms with Crippen LogP contribution in [0.15, 0.2) is 17.3 Å². The molecule has 1 aromatic rings. The molecule has 8 heteroatoms. The van der Waals surface area contributed by atoms with Gasteiger partial charge in [-0.3, -0.25) is 9.89 Å². The Morgan fingerprint density at radius 2 is 2.00 bits per heavy atom. The van der Waals surface area contributed by atoms with Crippen LogP contribution in [0.5, 0.6) is 0 Å². The van der Waals surface area contributed by atoms with Gasteiger partial charge in [0, 0.05) is 32.4 Å². The summed E-state index contributed by atoms with van der Waals surface area (Å²) in [7, 11) is -3.54. The van der Waals surface area contributed by atoms with Crippen molar-refractivity contribution in [2.75, 3.05) is 26.2 Å². The van der Waals surface area contributed by atoms with Gasteiger partial charge in [0.15, 0.2) is 0 Å². The molecule has 0 aromatic carbocycles. The highest BCUT2D eigenvalue weighted by Gasteiger charge is 2.35. The van der Waals surface area contributed by atoms with Crippen LogP contribution in [0.3, 0.4) is 0 Å². The number of aromatic amines is 1. The van der Waals surface area contributed by atoms with Gasteiger partial charge in [-0.05, 0) is 25.7 Å². The molecular weight excluding hydrogens is 292 g/mol. The number of rotatable bonds is 3. The fraction of sp³-hybridized carbons (Fsp3) is 0.692. The largest absolute Gasteiger partial charge is 0.342 e. The van der Waals surface area contributed by atoms with Gasteiger partial charge in [-0.25, -0.2) is 8.42 Å². The molecule has 3 heterocycles. The average molecular weight is 312 g/mol. The van der Waals surface area contributed by atoms with Crippen LogP contribution < -0.4 is 0 Å². The quantitative estimate of drug-likeness (QED) is 0.877. The number of aromatic nitrogens is 2. The molecule has 0 bridgehead atoms. The number of carbonyl (C=O) groups is 1. The Balaban J connectivity index is 1.72. The maximum absolute atomic E-state index is 12.5. The summed E-state index contributed by atoms with van der Waals surface area (Å²) in [6.07, 6.45) is 6.28. The van der Waals surface area contributed by atoms with Gasteiger partial charge < -0.3 is 4.90 Å². The van der Waals surface area contributed by atoms with Gasteiger partial charge in [-0.15, -0.1) is 0 Å². The topological polar surface area (TPSA) is 86.4 Å². The number of likely N-dealkylation sites (tertiary alicyclic amines) is 1. The van der Waals surface area contributed by atoms with E-state index in [1.54, 1.807) is 0 Å². The predicted molar refractivity (Wildman–Crippen MR) is 75.9 cm³/mol. The highest BCUT2D eigenvalue weighted by atomic mass is 32.2. The number of hydrogen-bond donors (Lipinski definition) is 1. The number of carbonyl (C=O) groups excluding carboxylic acids is 1. The van der Waals surface area contributed by atoms with Crippen LogP contribution in [0.2, 0.25) is 0 Å². The monoisotopic (exact) mass is 312 g/mol. The van der Waals surface area contributed by atoms with Gasteiger partial charge in [0.2, 0.25) is 15.9 Å². The molecule has 116 valence electrons. The number of amides is 1. The van der Waals surface area contributed by atoms with Crippen molar-refractivity contribution < 1.29 is 13.2 Å². The summed E-state index contributed by atoms with van der Waals surface area (Å²) in [5.41, 5.74) is 0. The zero-order chi connectivity index (χ0) is 14.9. The Labute approximate surface area is 124 Å². The fourth-order valence-electron chi connectivity index (χ4n) is 3.09. The van der Waals surface area contributed by atoms with Crippen molar-refractivity contribution in [2.45, 2.75) is 30.6 Å². The van der Waals surface area contributed by atoms with Crippen LogP contribution in [-0.4, -0.2) is 59.9 Å². The SMILES string of the molecule is O=C([C@H]1CCCN(S(=O)(=O)c2cn[nH]c2)C1)N1CCCC1. The lowest BCUT2D eigenvalue weighted by Gasteiger charge is -2.32. The smallest absolute Gasteiger partial charge is 0.246 e. The van der Waals surface area contributed by atoms with Crippen LogP contribution in [0.25, 0.3) is 0 Å². The zero-order valence-electron chi connectivity index (χ0n) is 11.9. The molecule has 2 saturated heterocycles. The minimum atomic E-state index is -3.54. The summed E-state index contributed by atoms with van der Waals surface area (Å²) in [4.78, 5) is 14.5. The lowest BCUT2D eigenvalue weighted by Crippen LogP contribution is -2.46. The number of nitrogens with one attached hydrogen (secondary N) is 1. The first kappa shape index (κ1) is 14.5. The van der Waals surface area contributed by atoms with Crippen molar-refractivity contribution >= 4 is 15.9 Å². The minimum absolute atomic E-state index is 0.111. The first-order chi connectivity index (χ1) is 10.1. The molecule has 2 aliphatic heterocycles. The van der Waals surface area contributed by atoms with E-state index in [9.17, 15) is 13.2 Å². The average Bonchev–Trinajstić information content (AvgIpc) is 3.19. The molecule has 0 aliphatic carbocycles. The highest BCUT2D eigenvalue weighted by molar-refractivity contribution is 7.89.